The zero-order chi connectivity index (χ0) is 13.0. The summed E-state index contributed by atoms with van der Waals surface area (Å²) in [5, 5.41) is 4.66. The fourth-order valence-electron chi connectivity index (χ4n) is 2.05. The molecule has 98 valence electrons. The zero-order valence-corrected chi connectivity index (χ0v) is 12.0. The lowest BCUT2D eigenvalue weighted by molar-refractivity contribution is 0.544. The van der Waals surface area contributed by atoms with Gasteiger partial charge in [-0.2, -0.15) is 0 Å². The number of H-pyrrole nitrogens is 1. The summed E-state index contributed by atoms with van der Waals surface area (Å²) in [7, 11) is 0. The van der Waals surface area contributed by atoms with Crippen LogP contribution in [0.3, 0.4) is 0 Å². The van der Waals surface area contributed by atoms with Crippen LogP contribution < -0.4 is 5.32 Å². The van der Waals surface area contributed by atoms with Crippen LogP contribution in [0.15, 0.2) is 12.4 Å². The second-order valence-electron chi connectivity index (χ2n) is 4.49. The third-order valence-electron chi connectivity index (χ3n) is 2.95. The Labute approximate surface area is 112 Å². The largest absolute Gasteiger partial charge is 0.349 e. The van der Waals surface area contributed by atoms with Crippen LogP contribution in [0.25, 0.3) is 0 Å². The summed E-state index contributed by atoms with van der Waals surface area (Å²) < 4.78 is 0. The Morgan fingerprint density at radius 2 is 2.28 bits per heavy atom. The van der Waals surface area contributed by atoms with E-state index in [-0.39, 0.29) is 0 Å². The summed E-state index contributed by atoms with van der Waals surface area (Å²) >= 11 is 1.77. The molecule has 0 aliphatic carbocycles. The molecule has 0 bridgehead atoms. The van der Waals surface area contributed by atoms with Crippen LogP contribution in [-0.4, -0.2) is 21.5 Å². The lowest BCUT2D eigenvalue weighted by Gasteiger charge is -2.12. The molecule has 1 atom stereocenters. The highest BCUT2D eigenvalue weighted by Crippen LogP contribution is 2.22. The van der Waals surface area contributed by atoms with Gasteiger partial charge in [-0.3, -0.25) is 0 Å². The number of imidazole rings is 1. The summed E-state index contributed by atoms with van der Waals surface area (Å²) in [6.07, 6.45) is 5.74. The number of rotatable bonds is 6. The van der Waals surface area contributed by atoms with E-state index >= 15 is 0 Å². The predicted octanol–water partition coefficient (Wildman–Crippen LogP) is 2.77. The third kappa shape index (κ3) is 3.40. The standard InChI is InChI=1S/C13H20N4S/c1-9(13-10(2)18-11(3)17-13)14-6-4-5-12-15-7-8-16-12/h7-9,14H,4-6H2,1-3H3,(H,15,16). The van der Waals surface area contributed by atoms with Crippen molar-refractivity contribution >= 4 is 11.3 Å². The first-order valence-electron chi connectivity index (χ1n) is 6.32. The van der Waals surface area contributed by atoms with E-state index < -0.39 is 0 Å². The average Bonchev–Trinajstić information content (AvgIpc) is 2.94. The van der Waals surface area contributed by atoms with Crippen molar-refractivity contribution in [3.63, 3.8) is 0 Å². The number of hydrogen-bond donors (Lipinski definition) is 2. The van der Waals surface area contributed by atoms with Gasteiger partial charge in [0.2, 0.25) is 0 Å². The Morgan fingerprint density at radius 1 is 1.44 bits per heavy atom. The summed E-state index contributed by atoms with van der Waals surface area (Å²) in [6.45, 7) is 7.36. The fraction of sp³-hybridized carbons (Fsp3) is 0.538. The number of aromatic nitrogens is 3. The first-order valence-corrected chi connectivity index (χ1v) is 7.14. The molecule has 0 aromatic carbocycles. The molecule has 0 fully saturated rings. The van der Waals surface area contributed by atoms with Crippen molar-refractivity contribution in [3.8, 4) is 0 Å². The van der Waals surface area contributed by atoms with Gasteiger partial charge in [-0.25, -0.2) is 9.97 Å². The van der Waals surface area contributed by atoms with Gasteiger partial charge >= 0.3 is 0 Å². The molecule has 5 heteroatoms. The third-order valence-corrected chi connectivity index (χ3v) is 3.85. The van der Waals surface area contributed by atoms with E-state index in [0.29, 0.717) is 6.04 Å². The van der Waals surface area contributed by atoms with E-state index in [4.69, 9.17) is 0 Å². The number of thiazole rings is 1. The molecule has 18 heavy (non-hydrogen) atoms. The summed E-state index contributed by atoms with van der Waals surface area (Å²) in [6, 6.07) is 0.326. The molecule has 0 radical (unpaired) electrons. The number of aryl methyl sites for hydroxylation is 3. The van der Waals surface area contributed by atoms with Gasteiger partial charge in [0.25, 0.3) is 0 Å². The lowest BCUT2D eigenvalue weighted by atomic mass is 10.2. The molecule has 1 unspecified atom stereocenters. The molecule has 2 aromatic heterocycles. The molecular formula is C13H20N4S. The van der Waals surface area contributed by atoms with Crippen molar-refractivity contribution in [1.82, 2.24) is 20.3 Å². The molecular weight excluding hydrogens is 244 g/mol. The van der Waals surface area contributed by atoms with E-state index in [1.54, 1.807) is 17.5 Å². The summed E-state index contributed by atoms with van der Waals surface area (Å²) in [4.78, 5) is 13.2. The van der Waals surface area contributed by atoms with Gasteiger partial charge in [0.1, 0.15) is 5.82 Å². The first-order chi connectivity index (χ1) is 8.66. The molecule has 0 spiro atoms. The quantitative estimate of drug-likeness (QED) is 0.789. The number of nitrogens with zero attached hydrogens (tertiary/aromatic N) is 2. The topological polar surface area (TPSA) is 53.6 Å². The predicted molar refractivity (Wildman–Crippen MR) is 74.9 cm³/mol. The molecule has 0 aliphatic heterocycles. The zero-order valence-electron chi connectivity index (χ0n) is 11.2. The highest BCUT2D eigenvalue weighted by Gasteiger charge is 2.12. The van der Waals surface area contributed by atoms with Gasteiger partial charge in [0.05, 0.1) is 10.7 Å². The Morgan fingerprint density at radius 3 is 2.89 bits per heavy atom. The van der Waals surface area contributed by atoms with E-state index in [2.05, 4.69) is 41.0 Å². The minimum absolute atomic E-state index is 0.326. The number of hydrogen-bond acceptors (Lipinski definition) is 4. The van der Waals surface area contributed by atoms with Gasteiger partial charge < -0.3 is 10.3 Å². The Balaban J connectivity index is 1.75. The lowest BCUT2D eigenvalue weighted by Crippen LogP contribution is -2.21. The van der Waals surface area contributed by atoms with Gasteiger partial charge in [-0.15, -0.1) is 11.3 Å². The molecule has 0 amide bonds. The van der Waals surface area contributed by atoms with Crippen LogP contribution in [0.5, 0.6) is 0 Å². The SMILES string of the molecule is Cc1nc(C(C)NCCCc2ncc[nH]2)c(C)s1. The average molecular weight is 264 g/mol. The van der Waals surface area contributed by atoms with E-state index in [9.17, 15) is 0 Å². The van der Waals surface area contributed by atoms with E-state index in [1.807, 2.05) is 6.20 Å². The van der Waals surface area contributed by atoms with Gasteiger partial charge in [-0.1, -0.05) is 0 Å². The van der Waals surface area contributed by atoms with Gasteiger partial charge in [-0.05, 0) is 33.7 Å². The molecule has 0 saturated heterocycles. The maximum atomic E-state index is 4.58. The minimum Gasteiger partial charge on any atom is -0.349 e. The highest BCUT2D eigenvalue weighted by molar-refractivity contribution is 7.11. The second-order valence-corrected chi connectivity index (χ2v) is 5.90. The monoisotopic (exact) mass is 264 g/mol. The van der Waals surface area contributed by atoms with Crippen molar-refractivity contribution in [2.24, 2.45) is 0 Å². The molecule has 0 aliphatic rings. The van der Waals surface area contributed by atoms with E-state index in [1.165, 1.54) is 10.6 Å². The van der Waals surface area contributed by atoms with Crippen molar-refractivity contribution in [1.29, 1.82) is 0 Å². The highest BCUT2D eigenvalue weighted by atomic mass is 32.1. The van der Waals surface area contributed by atoms with Crippen LogP contribution in [0.4, 0.5) is 0 Å². The van der Waals surface area contributed by atoms with Crippen LogP contribution in [0.1, 0.15) is 40.8 Å². The molecule has 2 N–H and O–H groups in total. The van der Waals surface area contributed by atoms with Crippen molar-refractivity contribution < 1.29 is 0 Å². The molecule has 2 aromatic rings. The van der Waals surface area contributed by atoms with Gasteiger partial charge in [0.15, 0.2) is 0 Å². The smallest absolute Gasteiger partial charge is 0.106 e. The molecule has 2 heterocycles. The second kappa shape index (κ2) is 6.11. The van der Waals surface area contributed by atoms with Crippen molar-refractivity contribution in [3.05, 3.63) is 33.8 Å². The van der Waals surface area contributed by atoms with Crippen LogP contribution >= 0.6 is 11.3 Å². The van der Waals surface area contributed by atoms with Crippen molar-refractivity contribution in [2.45, 2.75) is 39.7 Å². The molecule has 2 rings (SSSR count). The summed E-state index contributed by atoms with van der Waals surface area (Å²) in [5.41, 5.74) is 1.19. The van der Waals surface area contributed by atoms with E-state index in [0.717, 1.165) is 30.2 Å². The van der Waals surface area contributed by atoms with Crippen LogP contribution in [0.2, 0.25) is 0 Å². The first kappa shape index (κ1) is 13.2. The minimum atomic E-state index is 0.326. The van der Waals surface area contributed by atoms with Crippen molar-refractivity contribution in [2.75, 3.05) is 6.54 Å². The Hall–Kier alpha value is -1.20. The maximum absolute atomic E-state index is 4.58. The maximum Gasteiger partial charge on any atom is 0.106 e. The van der Waals surface area contributed by atoms with Crippen LogP contribution in [-0.2, 0) is 6.42 Å². The fourth-order valence-corrected chi connectivity index (χ4v) is 2.97. The normalized spacial score (nSPS) is 12.8. The summed E-state index contributed by atoms with van der Waals surface area (Å²) in [5.74, 6) is 1.06. The number of nitrogens with one attached hydrogen (secondary N) is 2. The Bertz CT molecular complexity index is 475. The number of aromatic amines is 1. The van der Waals surface area contributed by atoms with Gasteiger partial charge in [0, 0.05) is 29.7 Å². The van der Waals surface area contributed by atoms with Crippen LogP contribution in [0, 0.1) is 13.8 Å². The Kier molecular flexibility index (Phi) is 4.49. The molecule has 4 nitrogen and oxygen atoms in total. The molecule has 0 saturated carbocycles.